The summed E-state index contributed by atoms with van der Waals surface area (Å²) in [7, 11) is 0. The summed E-state index contributed by atoms with van der Waals surface area (Å²) in [6.07, 6.45) is 2.26. The van der Waals surface area contributed by atoms with E-state index in [4.69, 9.17) is 5.26 Å². The van der Waals surface area contributed by atoms with Crippen LogP contribution in [0.4, 0.5) is 0 Å². The number of rotatable bonds is 2. The van der Waals surface area contributed by atoms with E-state index in [-0.39, 0.29) is 0 Å². The van der Waals surface area contributed by atoms with Crippen LogP contribution in [0, 0.1) is 11.3 Å². The van der Waals surface area contributed by atoms with E-state index in [9.17, 15) is 0 Å². The first kappa shape index (κ1) is 11.7. The molecule has 13 heavy (non-hydrogen) atoms. The minimum Gasteiger partial charge on any atom is -0.192 e. The van der Waals surface area contributed by atoms with Gasteiger partial charge in [-0.05, 0) is 24.1 Å². The molecule has 1 heteroatoms. The largest absolute Gasteiger partial charge is 0.192 e. The van der Waals surface area contributed by atoms with Crippen molar-refractivity contribution in [2.45, 2.75) is 33.6 Å². The molecule has 0 bridgehead atoms. The zero-order valence-electron chi connectivity index (χ0n) is 8.67. The molecule has 0 atom stereocenters. The molecule has 0 heterocycles. The van der Waals surface area contributed by atoms with Crippen LogP contribution < -0.4 is 0 Å². The Bertz CT molecular complexity index is 253. The van der Waals surface area contributed by atoms with Gasteiger partial charge < -0.3 is 0 Å². The van der Waals surface area contributed by atoms with Gasteiger partial charge in [0.15, 0.2) is 0 Å². The number of nitriles is 1. The summed E-state index contributed by atoms with van der Waals surface area (Å²) in [6, 6.07) is 9.86. The van der Waals surface area contributed by atoms with Gasteiger partial charge in [-0.1, -0.05) is 39.3 Å². The zero-order chi connectivity index (χ0) is 10.1. The molecule has 1 rings (SSSR count). The summed E-state index contributed by atoms with van der Waals surface area (Å²) in [6.45, 7) is 6.15. The highest BCUT2D eigenvalue weighted by atomic mass is 14.2. The maximum atomic E-state index is 8.51. The fourth-order valence-electron chi connectivity index (χ4n) is 1.03. The molecule has 0 fully saturated rings. The standard InChI is InChI=1S/C10H11N.C2H6/c1-2-3-9-4-6-10(8-11)7-5-9;1-2/h4-7H,2-3H2,1H3;1-2H3. The van der Waals surface area contributed by atoms with Gasteiger partial charge in [0.25, 0.3) is 0 Å². The summed E-state index contributed by atoms with van der Waals surface area (Å²) in [4.78, 5) is 0. The molecule has 1 nitrogen and oxygen atoms in total. The topological polar surface area (TPSA) is 23.8 Å². The third kappa shape index (κ3) is 4.32. The fourth-order valence-corrected chi connectivity index (χ4v) is 1.03. The normalized spacial score (nSPS) is 8.15. The number of hydrogen-bond donors (Lipinski definition) is 0. The predicted molar refractivity (Wildman–Crippen MR) is 56.5 cm³/mol. The van der Waals surface area contributed by atoms with Gasteiger partial charge in [0.05, 0.1) is 11.6 Å². The molecular formula is C12H17N. The van der Waals surface area contributed by atoms with Crippen molar-refractivity contribution in [3.63, 3.8) is 0 Å². The van der Waals surface area contributed by atoms with Gasteiger partial charge in [-0.25, -0.2) is 0 Å². The summed E-state index contributed by atoms with van der Waals surface area (Å²) < 4.78 is 0. The lowest BCUT2D eigenvalue weighted by molar-refractivity contribution is 0.922. The van der Waals surface area contributed by atoms with Crippen molar-refractivity contribution in [1.29, 1.82) is 5.26 Å². The van der Waals surface area contributed by atoms with Crippen LogP contribution in [-0.2, 0) is 6.42 Å². The molecule has 0 aliphatic heterocycles. The van der Waals surface area contributed by atoms with Gasteiger partial charge in [-0.2, -0.15) is 5.26 Å². The van der Waals surface area contributed by atoms with E-state index < -0.39 is 0 Å². The first-order chi connectivity index (χ1) is 6.36. The lowest BCUT2D eigenvalue weighted by atomic mass is 10.1. The fraction of sp³-hybridized carbons (Fsp3) is 0.417. The highest BCUT2D eigenvalue weighted by molar-refractivity contribution is 5.31. The molecule has 0 aliphatic carbocycles. The van der Waals surface area contributed by atoms with Crippen molar-refractivity contribution in [3.05, 3.63) is 35.4 Å². The highest BCUT2D eigenvalue weighted by Gasteiger charge is 1.90. The van der Waals surface area contributed by atoms with Crippen LogP contribution >= 0.6 is 0 Å². The second-order valence-electron chi connectivity index (χ2n) is 2.56. The van der Waals surface area contributed by atoms with Gasteiger partial charge in [0, 0.05) is 0 Å². The van der Waals surface area contributed by atoms with Crippen LogP contribution in [0.3, 0.4) is 0 Å². The van der Waals surface area contributed by atoms with Gasteiger partial charge >= 0.3 is 0 Å². The van der Waals surface area contributed by atoms with Crippen LogP contribution in [0.25, 0.3) is 0 Å². The zero-order valence-corrected chi connectivity index (χ0v) is 8.67. The van der Waals surface area contributed by atoms with Crippen LogP contribution in [0.5, 0.6) is 0 Å². The van der Waals surface area contributed by atoms with Crippen molar-refractivity contribution in [2.24, 2.45) is 0 Å². The Hall–Kier alpha value is -1.29. The number of nitrogens with zero attached hydrogens (tertiary/aromatic N) is 1. The molecule has 0 aliphatic rings. The van der Waals surface area contributed by atoms with E-state index in [1.807, 2.05) is 38.1 Å². The Morgan fingerprint density at radius 3 is 2.08 bits per heavy atom. The van der Waals surface area contributed by atoms with Gasteiger partial charge in [0.1, 0.15) is 0 Å². The molecule has 0 unspecified atom stereocenters. The van der Waals surface area contributed by atoms with Crippen LogP contribution in [0.2, 0.25) is 0 Å². The summed E-state index contributed by atoms with van der Waals surface area (Å²) in [5.74, 6) is 0. The minimum atomic E-state index is 0.741. The lowest BCUT2D eigenvalue weighted by Crippen LogP contribution is -1.82. The van der Waals surface area contributed by atoms with Crippen molar-refractivity contribution >= 4 is 0 Å². The smallest absolute Gasteiger partial charge is 0.0991 e. The van der Waals surface area contributed by atoms with Gasteiger partial charge in [-0.15, -0.1) is 0 Å². The number of benzene rings is 1. The third-order valence-corrected chi connectivity index (χ3v) is 1.62. The molecule has 0 amide bonds. The molecular weight excluding hydrogens is 158 g/mol. The van der Waals surface area contributed by atoms with E-state index in [1.54, 1.807) is 0 Å². The second kappa shape index (κ2) is 7.36. The monoisotopic (exact) mass is 175 g/mol. The van der Waals surface area contributed by atoms with Crippen molar-refractivity contribution in [3.8, 4) is 6.07 Å². The van der Waals surface area contributed by atoms with Gasteiger partial charge in [-0.3, -0.25) is 0 Å². The average molecular weight is 175 g/mol. The van der Waals surface area contributed by atoms with Crippen molar-refractivity contribution in [1.82, 2.24) is 0 Å². The molecule has 1 aromatic rings. The van der Waals surface area contributed by atoms with E-state index in [2.05, 4.69) is 13.0 Å². The average Bonchev–Trinajstić information content (AvgIpc) is 2.23. The van der Waals surface area contributed by atoms with Crippen LogP contribution in [-0.4, -0.2) is 0 Å². The van der Waals surface area contributed by atoms with Crippen LogP contribution in [0.15, 0.2) is 24.3 Å². The van der Waals surface area contributed by atoms with E-state index in [1.165, 1.54) is 5.56 Å². The summed E-state index contributed by atoms with van der Waals surface area (Å²) >= 11 is 0. The molecule has 0 aromatic heterocycles. The molecule has 1 aromatic carbocycles. The maximum Gasteiger partial charge on any atom is 0.0991 e. The van der Waals surface area contributed by atoms with E-state index in [0.717, 1.165) is 18.4 Å². The number of hydrogen-bond acceptors (Lipinski definition) is 1. The van der Waals surface area contributed by atoms with Crippen molar-refractivity contribution in [2.75, 3.05) is 0 Å². The molecule has 0 saturated carbocycles. The minimum absolute atomic E-state index is 0.741. The number of aryl methyl sites for hydroxylation is 1. The second-order valence-corrected chi connectivity index (χ2v) is 2.56. The first-order valence-corrected chi connectivity index (χ1v) is 4.86. The molecule has 70 valence electrons. The van der Waals surface area contributed by atoms with E-state index >= 15 is 0 Å². The Labute approximate surface area is 81.0 Å². The summed E-state index contributed by atoms with van der Waals surface area (Å²) in [5, 5.41) is 8.51. The van der Waals surface area contributed by atoms with Crippen LogP contribution in [0.1, 0.15) is 38.3 Å². The Morgan fingerprint density at radius 1 is 1.15 bits per heavy atom. The van der Waals surface area contributed by atoms with Gasteiger partial charge in [0.2, 0.25) is 0 Å². The lowest BCUT2D eigenvalue weighted by Gasteiger charge is -1.96. The maximum absolute atomic E-state index is 8.51. The Kier molecular flexibility index (Phi) is 6.63. The SMILES string of the molecule is CC.CCCc1ccc(C#N)cc1. The van der Waals surface area contributed by atoms with Crippen molar-refractivity contribution < 1.29 is 0 Å². The molecule has 0 radical (unpaired) electrons. The summed E-state index contributed by atoms with van der Waals surface area (Å²) in [5.41, 5.74) is 2.05. The quantitative estimate of drug-likeness (QED) is 0.674. The molecule has 0 spiro atoms. The highest BCUT2D eigenvalue weighted by Crippen LogP contribution is 2.04. The molecule has 0 N–H and O–H groups in total. The Balaban J connectivity index is 0.000000671. The van der Waals surface area contributed by atoms with E-state index in [0.29, 0.717) is 0 Å². The first-order valence-electron chi connectivity index (χ1n) is 4.86. The Morgan fingerprint density at radius 2 is 1.69 bits per heavy atom. The molecule has 0 saturated heterocycles. The predicted octanol–water partition coefficient (Wildman–Crippen LogP) is 3.54. The third-order valence-electron chi connectivity index (χ3n) is 1.62.